The van der Waals surface area contributed by atoms with Gasteiger partial charge in [0.25, 0.3) is 0 Å². The van der Waals surface area contributed by atoms with Gasteiger partial charge in [-0.15, -0.1) is 0 Å². The summed E-state index contributed by atoms with van der Waals surface area (Å²) < 4.78 is 16.8. The third-order valence-corrected chi connectivity index (χ3v) is 5.14. The zero-order valence-electron chi connectivity index (χ0n) is 17.0. The zero-order chi connectivity index (χ0) is 19.2. The molecule has 1 N–H and O–H groups in total. The molecule has 7 heteroatoms. The van der Waals surface area contributed by atoms with Crippen molar-refractivity contribution in [1.29, 1.82) is 0 Å². The number of aliphatic imine (C=N–C) groups is 1. The van der Waals surface area contributed by atoms with Gasteiger partial charge in [-0.3, -0.25) is 4.99 Å². The van der Waals surface area contributed by atoms with Gasteiger partial charge in [0.05, 0.1) is 33.5 Å². The molecule has 7 nitrogen and oxygen atoms in total. The van der Waals surface area contributed by atoms with Gasteiger partial charge in [-0.25, -0.2) is 0 Å². The lowest BCUT2D eigenvalue weighted by molar-refractivity contribution is -0.0137. The third-order valence-electron chi connectivity index (χ3n) is 5.14. The van der Waals surface area contributed by atoms with Crippen molar-refractivity contribution in [3.63, 3.8) is 0 Å². The largest absolute Gasteiger partial charge is 0.493 e. The van der Waals surface area contributed by atoms with Crippen LogP contribution in [0.25, 0.3) is 0 Å². The monoisotopic (exact) mass is 376 g/mol. The van der Waals surface area contributed by atoms with E-state index in [1.54, 1.807) is 14.2 Å². The molecule has 0 aliphatic carbocycles. The smallest absolute Gasteiger partial charge is 0.194 e. The molecular weight excluding hydrogens is 344 g/mol. The van der Waals surface area contributed by atoms with Crippen LogP contribution in [0.4, 0.5) is 0 Å². The van der Waals surface area contributed by atoms with Gasteiger partial charge < -0.3 is 29.3 Å². The molecule has 0 amide bonds. The summed E-state index contributed by atoms with van der Waals surface area (Å²) in [4.78, 5) is 9.48. The third kappa shape index (κ3) is 4.84. The Morgan fingerprint density at radius 3 is 2.63 bits per heavy atom. The van der Waals surface area contributed by atoms with Crippen molar-refractivity contribution in [2.45, 2.75) is 26.0 Å². The van der Waals surface area contributed by atoms with Crippen molar-refractivity contribution in [3.8, 4) is 11.5 Å². The molecule has 2 heterocycles. The Kier molecular flexibility index (Phi) is 6.79. The molecule has 1 atom stereocenters. The van der Waals surface area contributed by atoms with E-state index >= 15 is 0 Å². The summed E-state index contributed by atoms with van der Waals surface area (Å²) in [5, 5.41) is 3.44. The van der Waals surface area contributed by atoms with Crippen LogP contribution in [0.2, 0.25) is 0 Å². The Hall–Kier alpha value is -1.99. The Bertz CT molecular complexity index is 665. The van der Waals surface area contributed by atoms with Crippen molar-refractivity contribution < 1.29 is 14.2 Å². The van der Waals surface area contributed by atoms with Gasteiger partial charge in [0.1, 0.15) is 0 Å². The first-order valence-electron chi connectivity index (χ1n) is 9.71. The zero-order valence-corrected chi connectivity index (χ0v) is 17.0. The van der Waals surface area contributed by atoms with Crippen LogP contribution in [0.1, 0.15) is 18.1 Å². The van der Waals surface area contributed by atoms with Crippen LogP contribution < -0.4 is 14.8 Å². The molecule has 1 aromatic rings. The highest BCUT2D eigenvalue weighted by Crippen LogP contribution is 2.33. The summed E-state index contributed by atoms with van der Waals surface area (Å²) in [6.07, 6.45) is 1.13. The minimum atomic E-state index is 0.166. The molecule has 1 saturated heterocycles. The molecule has 0 radical (unpaired) electrons. The van der Waals surface area contributed by atoms with E-state index in [0.29, 0.717) is 6.54 Å². The topological polar surface area (TPSA) is 58.6 Å². The molecule has 0 bridgehead atoms. The fourth-order valence-corrected chi connectivity index (χ4v) is 3.66. The SMILES string of the molecule is CCNC(=NCC1CN(C)CCO1)N1CCc2cc(OC)c(OC)cc2C1. The van der Waals surface area contributed by atoms with Crippen molar-refractivity contribution >= 4 is 5.96 Å². The molecule has 0 aromatic heterocycles. The van der Waals surface area contributed by atoms with E-state index in [2.05, 4.69) is 41.2 Å². The lowest BCUT2D eigenvalue weighted by Crippen LogP contribution is -2.45. The number of hydrogen-bond donors (Lipinski definition) is 1. The lowest BCUT2D eigenvalue weighted by atomic mass is 9.99. The molecule has 2 aliphatic rings. The van der Waals surface area contributed by atoms with E-state index in [1.807, 2.05) is 0 Å². The van der Waals surface area contributed by atoms with E-state index in [4.69, 9.17) is 19.2 Å². The minimum Gasteiger partial charge on any atom is -0.493 e. The summed E-state index contributed by atoms with van der Waals surface area (Å²) in [6, 6.07) is 4.18. The van der Waals surface area contributed by atoms with Crippen LogP contribution >= 0.6 is 0 Å². The molecular formula is C20H32N4O3. The highest BCUT2D eigenvalue weighted by Gasteiger charge is 2.23. The first kappa shape index (κ1) is 19.8. The lowest BCUT2D eigenvalue weighted by Gasteiger charge is -2.33. The van der Waals surface area contributed by atoms with Gasteiger partial charge >= 0.3 is 0 Å². The molecule has 1 fully saturated rings. The fraction of sp³-hybridized carbons (Fsp3) is 0.650. The number of likely N-dealkylation sites (N-methyl/N-ethyl adjacent to an activating group) is 1. The van der Waals surface area contributed by atoms with Crippen molar-refractivity contribution in [2.24, 2.45) is 4.99 Å². The van der Waals surface area contributed by atoms with E-state index in [0.717, 1.165) is 63.2 Å². The second kappa shape index (κ2) is 9.28. The van der Waals surface area contributed by atoms with Crippen LogP contribution in [-0.4, -0.2) is 82.5 Å². The van der Waals surface area contributed by atoms with E-state index < -0.39 is 0 Å². The average Bonchev–Trinajstić information content (AvgIpc) is 2.69. The number of morpholine rings is 1. The summed E-state index contributed by atoms with van der Waals surface area (Å²) in [7, 11) is 5.49. The van der Waals surface area contributed by atoms with Crippen molar-refractivity contribution in [1.82, 2.24) is 15.1 Å². The van der Waals surface area contributed by atoms with E-state index in [1.165, 1.54) is 11.1 Å². The van der Waals surface area contributed by atoms with E-state index in [9.17, 15) is 0 Å². The highest BCUT2D eigenvalue weighted by atomic mass is 16.5. The molecule has 2 aliphatic heterocycles. The summed E-state index contributed by atoms with van der Waals surface area (Å²) in [6.45, 7) is 8.09. The standard InChI is InChI=1S/C20H32N4O3/c1-5-21-20(22-12-17-14-23(2)8-9-27-17)24-7-6-15-10-18(25-3)19(26-4)11-16(15)13-24/h10-11,17H,5-9,12-14H2,1-4H3,(H,21,22). The number of benzene rings is 1. The second-order valence-electron chi connectivity index (χ2n) is 7.10. The van der Waals surface area contributed by atoms with Gasteiger partial charge in [-0.05, 0) is 43.7 Å². The van der Waals surface area contributed by atoms with Gasteiger partial charge in [0.15, 0.2) is 17.5 Å². The summed E-state index contributed by atoms with van der Waals surface area (Å²) >= 11 is 0. The van der Waals surface area contributed by atoms with Crippen LogP contribution in [-0.2, 0) is 17.7 Å². The van der Waals surface area contributed by atoms with E-state index in [-0.39, 0.29) is 6.10 Å². The minimum absolute atomic E-state index is 0.166. The van der Waals surface area contributed by atoms with Gasteiger partial charge in [-0.1, -0.05) is 0 Å². The van der Waals surface area contributed by atoms with Crippen LogP contribution in [0, 0.1) is 0 Å². The van der Waals surface area contributed by atoms with Crippen LogP contribution in [0.3, 0.4) is 0 Å². The number of hydrogen-bond acceptors (Lipinski definition) is 5. The predicted molar refractivity (Wildman–Crippen MR) is 107 cm³/mol. The maximum absolute atomic E-state index is 5.85. The number of nitrogens with zero attached hydrogens (tertiary/aromatic N) is 3. The Morgan fingerprint density at radius 2 is 1.96 bits per heavy atom. The molecule has 3 rings (SSSR count). The van der Waals surface area contributed by atoms with Gasteiger partial charge in [0, 0.05) is 32.7 Å². The van der Waals surface area contributed by atoms with Gasteiger partial charge in [-0.2, -0.15) is 0 Å². The highest BCUT2D eigenvalue weighted by molar-refractivity contribution is 5.80. The first-order chi connectivity index (χ1) is 13.1. The predicted octanol–water partition coefficient (Wildman–Crippen LogP) is 1.36. The molecule has 0 saturated carbocycles. The Labute approximate surface area is 162 Å². The normalized spacial score (nSPS) is 21.0. The molecule has 1 aromatic carbocycles. The number of fused-ring (bicyclic) bond motifs is 1. The average molecular weight is 377 g/mol. The maximum atomic E-state index is 5.85. The number of nitrogens with one attached hydrogen (secondary N) is 1. The molecule has 27 heavy (non-hydrogen) atoms. The number of rotatable bonds is 5. The van der Waals surface area contributed by atoms with Crippen molar-refractivity contribution in [3.05, 3.63) is 23.3 Å². The number of ether oxygens (including phenoxy) is 3. The summed E-state index contributed by atoms with van der Waals surface area (Å²) in [5.74, 6) is 2.53. The molecule has 0 spiro atoms. The van der Waals surface area contributed by atoms with Crippen LogP contribution in [0.5, 0.6) is 11.5 Å². The number of methoxy groups -OCH3 is 2. The van der Waals surface area contributed by atoms with Crippen LogP contribution in [0.15, 0.2) is 17.1 Å². The first-order valence-corrected chi connectivity index (χ1v) is 9.71. The Morgan fingerprint density at radius 1 is 1.22 bits per heavy atom. The second-order valence-corrected chi connectivity index (χ2v) is 7.10. The Balaban J connectivity index is 1.72. The quantitative estimate of drug-likeness (QED) is 0.619. The van der Waals surface area contributed by atoms with Gasteiger partial charge in [0.2, 0.25) is 0 Å². The summed E-state index contributed by atoms with van der Waals surface area (Å²) in [5.41, 5.74) is 2.58. The number of guanidine groups is 1. The molecule has 1 unspecified atom stereocenters. The van der Waals surface area contributed by atoms with Crippen molar-refractivity contribution in [2.75, 3.05) is 60.6 Å². The molecule has 150 valence electrons. The fourth-order valence-electron chi connectivity index (χ4n) is 3.66. The maximum Gasteiger partial charge on any atom is 0.194 e.